The summed E-state index contributed by atoms with van der Waals surface area (Å²) in [5.41, 5.74) is 5.45. The molecule has 0 aliphatic rings. The molecule has 1 aromatic heterocycles. The number of hydrogen-bond acceptors (Lipinski definition) is 3. The number of amides is 1. The van der Waals surface area contributed by atoms with Crippen LogP contribution in [0.2, 0.25) is 0 Å². The van der Waals surface area contributed by atoms with E-state index in [9.17, 15) is 4.79 Å². The Balaban J connectivity index is 0.00000289. The fourth-order valence-corrected chi connectivity index (χ4v) is 2.85. The van der Waals surface area contributed by atoms with Crippen molar-refractivity contribution in [3.8, 4) is 0 Å². The van der Waals surface area contributed by atoms with Crippen molar-refractivity contribution < 1.29 is 4.79 Å². The minimum atomic E-state index is -0.339. The largest absolute Gasteiger partial charge is 0.354 e. The molecule has 0 spiro atoms. The van der Waals surface area contributed by atoms with Gasteiger partial charge in [-0.3, -0.25) is 4.79 Å². The van der Waals surface area contributed by atoms with E-state index in [2.05, 4.69) is 27.3 Å². The van der Waals surface area contributed by atoms with Crippen LogP contribution in [0.15, 0.2) is 15.9 Å². The molecule has 1 aromatic rings. The lowest BCUT2D eigenvalue weighted by molar-refractivity contribution is -0.121. The molecule has 18 heavy (non-hydrogen) atoms. The molecule has 0 saturated carbocycles. The van der Waals surface area contributed by atoms with E-state index in [4.69, 9.17) is 5.73 Å². The summed E-state index contributed by atoms with van der Waals surface area (Å²) in [5, 5.41) is 2.84. The maximum atomic E-state index is 11.5. The first kappa shape index (κ1) is 17.9. The molecule has 0 saturated heterocycles. The van der Waals surface area contributed by atoms with Crippen LogP contribution in [0.4, 0.5) is 0 Å². The van der Waals surface area contributed by atoms with E-state index < -0.39 is 0 Å². The van der Waals surface area contributed by atoms with Gasteiger partial charge in [0.2, 0.25) is 5.91 Å². The van der Waals surface area contributed by atoms with Gasteiger partial charge < -0.3 is 11.1 Å². The predicted octanol–water partition coefficient (Wildman–Crippen LogP) is 3.11. The molecular weight excluding hydrogens is 336 g/mol. The van der Waals surface area contributed by atoms with E-state index in [1.54, 1.807) is 11.3 Å². The minimum absolute atomic E-state index is 0. The van der Waals surface area contributed by atoms with Crippen LogP contribution in [0.5, 0.6) is 0 Å². The molecular formula is C12H20BrClN2OS. The fourth-order valence-electron chi connectivity index (χ4n) is 1.32. The minimum Gasteiger partial charge on any atom is -0.354 e. The van der Waals surface area contributed by atoms with Gasteiger partial charge in [-0.05, 0) is 54.8 Å². The highest BCUT2D eigenvalue weighted by atomic mass is 79.9. The van der Waals surface area contributed by atoms with E-state index in [1.807, 2.05) is 19.9 Å². The lowest BCUT2D eigenvalue weighted by atomic mass is 10.1. The molecule has 1 heterocycles. The van der Waals surface area contributed by atoms with Crippen molar-refractivity contribution in [3.63, 3.8) is 0 Å². The Bertz CT molecular complexity index is 376. The highest BCUT2D eigenvalue weighted by Gasteiger charge is 2.11. The average molecular weight is 356 g/mol. The molecule has 1 amide bonds. The van der Waals surface area contributed by atoms with Crippen molar-refractivity contribution in [1.82, 2.24) is 5.32 Å². The third-order valence-corrected chi connectivity index (χ3v) is 3.88. The summed E-state index contributed by atoms with van der Waals surface area (Å²) in [4.78, 5) is 12.8. The van der Waals surface area contributed by atoms with Crippen molar-refractivity contribution in [2.24, 2.45) is 5.73 Å². The van der Waals surface area contributed by atoms with Crippen LogP contribution in [0.3, 0.4) is 0 Å². The predicted molar refractivity (Wildman–Crippen MR) is 83.5 cm³/mol. The molecule has 3 N–H and O–H groups in total. The smallest absolute Gasteiger partial charge is 0.220 e. The Morgan fingerprint density at radius 3 is 2.67 bits per heavy atom. The summed E-state index contributed by atoms with van der Waals surface area (Å²) in [6.07, 6.45) is 2.39. The number of aryl methyl sites for hydroxylation is 1. The van der Waals surface area contributed by atoms with Crippen molar-refractivity contribution in [2.75, 3.05) is 6.54 Å². The lowest BCUT2D eigenvalue weighted by Crippen LogP contribution is -2.45. The zero-order chi connectivity index (χ0) is 12.9. The van der Waals surface area contributed by atoms with Gasteiger partial charge in [0, 0.05) is 23.4 Å². The van der Waals surface area contributed by atoms with Gasteiger partial charge in [-0.1, -0.05) is 0 Å². The molecule has 0 bridgehead atoms. The summed E-state index contributed by atoms with van der Waals surface area (Å²) in [6, 6.07) is 4.13. The monoisotopic (exact) mass is 354 g/mol. The summed E-state index contributed by atoms with van der Waals surface area (Å²) in [6.45, 7) is 4.32. The van der Waals surface area contributed by atoms with Gasteiger partial charge in [-0.15, -0.1) is 23.7 Å². The number of thiophene rings is 1. The highest BCUT2D eigenvalue weighted by molar-refractivity contribution is 9.11. The Hall–Kier alpha value is -0.100. The van der Waals surface area contributed by atoms with Crippen LogP contribution in [-0.2, 0) is 11.2 Å². The zero-order valence-electron chi connectivity index (χ0n) is 10.7. The van der Waals surface area contributed by atoms with Crippen molar-refractivity contribution in [2.45, 2.75) is 38.6 Å². The van der Waals surface area contributed by atoms with Crippen molar-refractivity contribution in [3.05, 3.63) is 20.8 Å². The number of halogens is 2. The van der Waals surface area contributed by atoms with E-state index >= 15 is 0 Å². The first-order valence-electron chi connectivity index (χ1n) is 5.66. The van der Waals surface area contributed by atoms with Gasteiger partial charge in [0.15, 0.2) is 0 Å². The van der Waals surface area contributed by atoms with E-state index in [1.165, 1.54) is 4.88 Å². The summed E-state index contributed by atoms with van der Waals surface area (Å²) < 4.78 is 1.14. The van der Waals surface area contributed by atoms with Crippen LogP contribution in [-0.4, -0.2) is 18.0 Å². The van der Waals surface area contributed by atoms with E-state index in [0.29, 0.717) is 13.0 Å². The zero-order valence-corrected chi connectivity index (χ0v) is 13.9. The second kappa shape index (κ2) is 8.15. The van der Waals surface area contributed by atoms with Gasteiger partial charge in [-0.2, -0.15) is 0 Å². The summed E-state index contributed by atoms with van der Waals surface area (Å²) in [7, 11) is 0. The van der Waals surface area contributed by atoms with Crippen LogP contribution >= 0.6 is 39.7 Å². The molecule has 1 rings (SSSR count). The summed E-state index contributed by atoms with van der Waals surface area (Å²) in [5.74, 6) is 0.0825. The Kier molecular flexibility index (Phi) is 8.10. The number of carbonyl (C=O) groups excluding carboxylic acids is 1. The molecule has 0 fully saturated rings. The molecule has 0 radical (unpaired) electrons. The van der Waals surface area contributed by atoms with E-state index in [-0.39, 0.29) is 23.9 Å². The van der Waals surface area contributed by atoms with Crippen LogP contribution in [0, 0.1) is 0 Å². The maximum Gasteiger partial charge on any atom is 0.220 e. The Labute approximate surface area is 127 Å². The van der Waals surface area contributed by atoms with Gasteiger partial charge in [-0.25, -0.2) is 0 Å². The summed E-state index contributed by atoms with van der Waals surface area (Å²) >= 11 is 5.15. The maximum absolute atomic E-state index is 11.5. The van der Waals surface area contributed by atoms with Gasteiger partial charge >= 0.3 is 0 Å². The first-order chi connectivity index (χ1) is 7.87. The van der Waals surface area contributed by atoms with Crippen LogP contribution < -0.4 is 11.1 Å². The SMILES string of the molecule is CC(C)(N)CNC(=O)CCCc1ccc(Br)s1.Cl. The highest BCUT2D eigenvalue weighted by Crippen LogP contribution is 2.23. The quantitative estimate of drug-likeness (QED) is 0.824. The number of nitrogens with one attached hydrogen (secondary N) is 1. The average Bonchev–Trinajstić information content (AvgIpc) is 2.60. The first-order valence-corrected chi connectivity index (χ1v) is 7.27. The van der Waals surface area contributed by atoms with E-state index in [0.717, 1.165) is 16.6 Å². The van der Waals surface area contributed by atoms with Gasteiger partial charge in [0.25, 0.3) is 0 Å². The topological polar surface area (TPSA) is 55.1 Å². The normalized spacial score (nSPS) is 10.9. The molecule has 0 unspecified atom stereocenters. The molecule has 6 heteroatoms. The molecule has 0 aliphatic heterocycles. The second-order valence-corrected chi connectivity index (χ2v) is 7.37. The van der Waals surface area contributed by atoms with Gasteiger partial charge in [0.1, 0.15) is 0 Å². The number of carbonyl (C=O) groups is 1. The number of hydrogen-bond donors (Lipinski definition) is 2. The van der Waals surface area contributed by atoms with Crippen molar-refractivity contribution >= 4 is 45.6 Å². The molecule has 0 aromatic carbocycles. The van der Waals surface area contributed by atoms with Gasteiger partial charge in [0.05, 0.1) is 3.79 Å². The molecule has 0 aliphatic carbocycles. The Morgan fingerprint density at radius 2 is 2.17 bits per heavy atom. The lowest BCUT2D eigenvalue weighted by Gasteiger charge is -2.18. The number of rotatable bonds is 6. The number of nitrogens with two attached hydrogens (primary N) is 1. The second-order valence-electron chi connectivity index (χ2n) is 4.82. The molecule has 0 atom stereocenters. The third-order valence-electron chi connectivity index (χ3n) is 2.20. The standard InChI is InChI=1S/C12H19BrN2OS.ClH/c1-12(2,14)8-15-11(16)5-3-4-9-6-7-10(13)17-9;/h6-7H,3-5,8,14H2,1-2H3,(H,15,16);1H. The fraction of sp³-hybridized carbons (Fsp3) is 0.583. The van der Waals surface area contributed by atoms with Crippen molar-refractivity contribution in [1.29, 1.82) is 0 Å². The third kappa shape index (κ3) is 8.08. The Morgan fingerprint density at radius 1 is 1.50 bits per heavy atom. The van der Waals surface area contributed by atoms with Crippen LogP contribution in [0.1, 0.15) is 31.6 Å². The molecule has 104 valence electrons. The molecule has 3 nitrogen and oxygen atoms in total. The van der Waals surface area contributed by atoms with Crippen LogP contribution in [0.25, 0.3) is 0 Å².